The maximum atomic E-state index is 7.73. The molecule has 1 nitrogen and oxygen atoms in total. The fraction of sp³-hybridized carbons (Fsp3) is 0.222. The van der Waals surface area contributed by atoms with Crippen molar-refractivity contribution >= 4 is 0 Å². The van der Waals surface area contributed by atoms with E-state index in [2.05, 4.69) is 13.2 Å². The Morgan fingerprint density at radius 3 is 2.00 bits per heavy atom. The molecule has 0 rings (SSSR count). The molecular formula is C9H13N. The normalized spacial score (nSPS) is 7.30. The lowest BCUT2D eigenvalue weighted by atomic mass is 10.4. The molecule has 0 fully saturated rings. The van der Waals surface area contributed by atoms with Crippen molar-refractivity contribution in [2.75, 3.05) is 0 Å². The number of nitrogens with zero attached hydrogens (tertiary/aromatic N) is 1. The lowest BCUT2D eigenvalue weighted by Gasteiger charge is -1.71. The highest BCUT2D eigenvalue weighted by Crippen LogP contribution is 1.81. The lowest BCUT2D eigenvalue weighted by molar-refractivity contribution is 1.53. The van der Waals surface area contributed by atoms with Crippen molar-refractivity contribution < 1.29 is 0 Å². The molecule has 0 N–H and O–H groups in total. The van der Waals surface area contributed by atoms with Crippen LogP contribution in [-0.4, -0.2) is 0 Å². The van der Waals surface area contributed by atoms with Crippen LogP contribution in [0.4, 0.5) is 0 Å². The third-order valence-electron chi connectivity index (χ3n) is 0.590. The maximum absolute atomic E-state index is 7.73. The van der Waals surface area contributed by atoms with Gasteiger partial charge in [0.15, 0.2) is 0 Å². The molecule has 0 atom stereocenters. The molecule has 0 radical (unpaired) electrons. The van der Waals surface area contributed by atoms with Gasteiger partial charge in [-0.15, -0.1) is 0 Å². The lowest BCUT2D eigenvalue weighted by Crippen LogP contribution is -1.50. The van der Waals surface area contributed by atoms with Crippen LogP contribution in [0.3, 0.4) is 0 Å². The van der Waals surface area contributed by atoms with E-state index in [0.717, 1.165) is 5.57 Å². The molecule has 10 heavy (non-hydrogen) atoms. The van der Waals surface area contributed by atoms with Crippen molar-refractivity contribution in [1.29, 1.82) is 5.26 Å². The SMILES string of the molecule is C=CC(=C)C.CC=CC#N. The van der Waals surface area contributed by atoms with E-state index in [-0.39, 0.29) is 0 Å². The maximum Gasteiger partial charge on any atom is 0.0908 e. The van der Waals surface area contributed by atoms with Gasteiger partial charge in [0.05, 0.1) is 6.07 Å². The number of hydrogen-bond acceptors (Lipinski definition) is 1. The highest BCUT2D eigenvalue weighted by atomic mass is 14.2. The van der Waals surface area contributed by atoms with E-state index < -0.39 is 0 Å². The highest BCUT2D eigenvalue weighted by molar-refractivity contribution is 5.05. The van der Waals surface area contributed by atoms with Crippen LogP contribution in [0.25, 0.3) is 0 Å². The molecule has 0 saturated carbocycles. The van der Waals surface area contributed by atoms with Crippen molar-refractivity contribution in [3.8, 4) is 6.07 Å². The minimum Gasteiger partial charge on any atom is -0.193 e. The first kappa shape index (κ1) is 11.5. The van der Waals surface area contributed by atoms with Gasteiger partial charge in [-0.05, 0) is 13.8 Å². The van der Waals surface area contributed by atoms with Crippen LogP contribution in [0.15, 0.2) is 37.0 Å². The Bertz CT molecular complexity index is 158. The third kappa shape index (κ3) is 29.8. The predicted octanol–water partition coefficient (Wildman–Crippen LogP) is 2.83. The van der Waals surface area contributed by atoms with Gasteiger partial charge in [-0.3, -0.25) is 0 Å². The second kappa shape index (κ2) is 10.6. The average Bonchev–Trinajstić information content (AvgIpc) is 1.91. The van der Waals surface area contributed by atoms with Crippen LogP contribution in [0, 0.1) is 11.3 Å². The molecule has 0 spiro atoms. The Kier molecular flexibility index (Phi) is 12.2. The molecule has 0 aliphatic carbocycles. The molecule has 0 unspecified atom stereocenters. The smallest absolute Gasteiger partial charge is 0.0908 e. The first-order chi connectivity index (χ1) is 4.68. The molecule has 0 aromatic carbocycles. The molecule has 0 aliphatic rings. The minimum absolute atomic E-state index is 1.02. The third-order valence-corrected chi connectivity index (χ3v) is 0.590. The van der Waals surface area contributed by atoms with Gasteiger partial charge in [0, 0.05) is 6.08 Å². The second-order valence-electron chi connectivity index (χ2n) is 1.68. The first-order valence-electron chi connectivity index (χ1n) is 2.97. The van der Waals surface area contributed by atoms with Crippen LogP contribution in [0.2, 0.25) is 0 Å². The van der Waals surface area contributed by atoms with Gasteiger partial charge >= 0.3 is 0 Å². The number of rotatable bonds is 1. The number of nitriles is 1. The van der Waals surface area contributed by atoms with Crippen molar-refractivity contribution in [3.05, 3.63) is 37.0 Å². The summed E-state index contributed by atoms with van der Waals surface area (Å²) in [7, 11) is 0. The molecule has 54 valence electrons. The van der Waals surface area contributed by atoms with E-state index in [1.54, 1.807) is 12.2 Å². The van der Waals surface area contributed by atoms with Gasteiger partial charge in [-0.2, -0.15) is 5.26 Å². The summed E-state index contributed by atoms with van der Waals surface area (Å²) in [5, 5.41) is 7.73. The Morgan fingerprint density at radius 1 is 1.60 bits per heavy atom. The zero-order chi connectivity index (χ0) is 8.41. The fourth-order valence-corrected chi connectivity index (χ4v) is 0.0745. The molecular weight excluding hydrogens is 122 g/mol. The molecule has 0 saturated heterocycles. The summed E-state index contributed by atoms with van der Waals surface area (Å²) < 4.78 is 0. The van der Waals surface area contributed by atoms with Gasteiger partial charge in [-0.1, -0.05) is 30.9 Å². The van der Waals surface area contributed by atoms with Crippen molar-refractivity contribution in [1.82, 2.24) is 0 Å². The second-order valence-corrected chi connectivity index (χ2v) is 1.68. The zero-order valence-corrected chi connectivity index (χ0v) is 6.59. The van der Waals surface area contributed by atoms with Crippen LogP contribution in [0.5, 0.6) is 0 Å². The van der Waals surface area contributed by atoms with Crippen LogP contribution < -0.4 is 0 Å². The molecule has 0 bridgehead atoms. The van der Waals surface area contributed by atoms with Crippen molar-refractivity contribution in [2.45, 2.75) is 13.8 Å². The monoisotopic (exact) mass is 135 g/mol. The van der Waals surface area contributed by atoms with E-state index in [1.807, 2.05) is 19.9 Å². The average molecular weight is 135 g/mol. The minimum atomic E-state index is 1.02. The predicted molar refractivity (Wildman–Crippen MR) is 45.4 cm³/mol. The van der Waals surface area contributed by atoms with E-state index in [4.69, 9.17) is 5.26 Å². The van der Waals surface area contributed by atoms with Gasteiger partial charge < -0.3 is 0 Å². The summed E-state index contributed by atoms with van der Waals surface area (Å²) >= 11 is 0. The van der Waals surface area contributed by atoms with E-state index in [1.165, 1.54) is 6.08 Å². The molecule has 1 heteroatoms. The standard InChI is InChI=1S/C5H8.C4H5N/c1-4-5(2)3;1-2-3-4-5/h4H,1-2H2,3H3;2-3H,1H3. The summed E-state index contributed by atoms with van der Waals surface area (Å²) in [4.78, 5) is 0. The van der Waals surface area contributed by atoms with E-state index in [0.29, 0.717) is 0 Å². The Labute approximate surface area is 63.0 Å². The van der Waals surface area contributed by atoms with Crippen molar-refractivity contribution in [3.63, 3.8) is 0 Å². The molecule has 0 amide bonds. The van der Waals surface area contributed by atoms with E-state index in [9.17, 15) is 0 Å². The Morgan fingerprint density at radius 2 is 2.00 bits per heavy atom. The van der Waals surface area contributed by atoms with Gasteiger partial charge in [0.2, 0.25) is 0 Å². The number of hydrogen-bond donors (Lipinski definition) is 0. The summed E-state index contributed by atoms with van der Waals surface area (Å²) in [6.45, 7) is 10.7. The fourth-order valence-electron chi connectivity index (χ4n) is 0.0745. The summed E-state index contributed by atoms with van der Waals surface area (Å²) in [5.74, 6) is 0. The van der Waals surface area contributed by atoms with E-state index >= 15 is 0 Å². The molecule has 0 aromatic rings. The van der Waals surface area contributed by atoms with Gasteiger partial charge in [0.1, 0.15) is 0 Å². The Hall–Kier alpha value is -1.29. The summed E-state index contributed by atoms with van der Waals surface area (Å²) in [6.07, 6.45) is 4.85. The van der Waals surface area contributed by atoms with Gasteiger partial charge in [-0.25, -0.2) is 0 Å². The largest absolute Gasteiger partial charge is 0.193 e. The topological polar surface area (TPSA) is 23.8 Å². The quantitative estimate of drug-likeness (QED) is 0.400. The Balaban J connectivity index is 0. The highest BCUT2D eigenvalue weighted by Gasteiger charge is 1.59. The first-order valence-corrected chi connectivity index (χ1v) is 2.97. The molecule has 0 aromatic heterocycles. The molecule has 0 aliphatic heterocycles. The zero-order valence-electron chi connectivity index (χ0n) is 6.59. The summed E-state index contributed by atoms with van der Waals surface area (Å²) in [5.41, 5.74) is 1.02. The van der Waals surface area contributed by atoms with Crippen molar-refractivity contribution in [2.24, 2.45) is 0 Å². The summed E-state index contributed by atoms with van der Waals surface area (Å²) in [6, 6.07) is 1.84. The van der Waals surface area contributed by atoms with Crippen LogP contribution in [-0.2, 0) is 0 Å². The van der Waals surface area contributed by atoms with Crippen LogP contribution >= 0.6 is 0 Å². The number of allylic oxidation sites excluding steroid dienone is 4. The van der Waals surface area contributed by atoms with Crippen LogP contribution in [0.1, 0.15) is 13.8 Å². The van der Waals surface area contributed by atoms with Gasteiger partial charge in [0.25, 0.3) is 0 Å². The molecule has 0 heterocycles.